The van der Waals surface area contributed by atoms with E-state index in [4.69, 9.17) is 14.0 Å². The fraction of sp³-hybridized carbons (Fsp3) is 0.0870. The number of ether oxygens (including phenoxy) is 2. The summed E-state index contributed by atoms with van der Waals surface area (Å²) < 4.78 is 28.8. The third kappa shape index (κ3) is 4.37. The van der Waals surface area contributed by atoms with Gasteiger partial charge < -0.3 is 19.3 Å². The van der Waals surface area contributed by atoms with Crippen LogP contribution >= 0.6 is 0 Å². The highest BCUT2D eigenvalue weighted by atomic mass is 19.1. The molecule has 0 saturated heterocycles. The molecule has 0 radical (unpaired) electrons. The van der Waals surface area contributed by atoms with Gasteiger partial charge in [0.2, 0.25) is 5.82 Å². The van der Waals surface area contributed by atoms with Gasteiger partial charge in [0.15, 0.2) is 11.5 Å². The second-order valence-electron chi connectivity index (χ2n) is 6.53. The van der Waals surface area contributed by atoms with Crippen molar-refractivity contribution in [3.8, 4) is 34.3 Å². The summed E-state index contributed by atoms with van der Waals surface area (Å²) in [5.41, 5.74) is 2.33. The number of carbonyl (C=O) groups excluding carboxylic acids is 1. The Balaban J connectivity index is 1.48. The van der Waals surface area contributed by atoms with Gasteiger partial charge in [-0.1, -0.05) is 5.16 Å². The molecule has 3 aromatic carbocycles. The quantitative estimate of drug-likeness (QED) is 0.483. The first-order valence-corrected chi connectivity index (χ1v) is 9.31. The first kappa shape index (κ1) is 20.1. The lowest BCUT2D eigenvalue weighted by molar-refractivity contribution is 0.102. The van der Waals surface area contributed by atoms with Crippen molar-refractivity contribution in [2.75, 3.05) is 19.5 Å². The van der Waals surface area contributed by atoms with Crippen molar-refractivity contribution < 1.29 is 23.2 Å². The molecular weight excluding hydrogens is 401 g/mol. The number of benzene rings is 3. The minimum absolute atomic E-state index is 0.281. The largest absolute Gasteiger partial charge is 0.493 e. The minimum Gasteiger partial charge on any atom is -0.493 e. The van der Waals surface area contributed by atoms with Crippen molar-refractivity contribution in [3.63, 3.8) is 0 Å². The van der Waals surface area contributed by atoms with E-state index in [1.54, 1.807) is 61.7 Å². The standard InChI is InChI=1S/C23H18FN3O4/c1-29-19-12-11-18(13-20(19)30-2)25-22(28)15-3-5-16(6-4-15)23-26-21(27-31-23)14-7-9-17(24)10-8-14/h3-13H,1-2H3,(H,25,28). The number of nitrogens with zero attached hydrogens (tertiary/aromatic N) is 2. The van der Waals surface area contributed by atoms with Gasteiger partial charge in [0.1, 0.15) is 5.82 Å². The van der Waals surface area contributed by atoms with Gasteiger partial charge in [-0.3, -0.25) is 4.79 Å². The van der Waals surface area contributed by atoms with Gasteiger partial charge in [0.25, 0.3) is 11.8 Å². The van der Waals surface area contributed by atoms with Crippen molar-refractivity contribution in [2.45, 2.75) is 0 Å². The van der Waals surface area contributed by atoms with Gasteiger partial charge in [-0.15, -0.1) is 0 Å². The number of amides is 1. The number of anilines is 1. The highest BCUT2D eigenvalue weighted by molar-refractivity contribution is 6.04. The van der Waals surface area contributed by atoms with Crippen molar-refractivity contribution >= 4 is 11.6 Å². The number of hydrogen-bond donors (Lipinski definition) is 1. The Hall–Kier alpha value is -4.20. The van der Waals surface area contributed by atoms with E-state index in [-0.39, 0.29) is 11.7 Å². The van der Waals surface area contributed by atoms with E-state index in [2.05, 4.69) is 15.5 Å². The lowest BCUT2D eigenvalue weighted by atomic mass is 10.1. The molecule has 0 aliphatic heterocycles. The molecule has 0 unspecified atom stereocenters. The van der Waals surface area contributed by atoms with Gasteiger partial charge in [-0.2, -0.15) is 4.98 Å². The third-order valence-corrected chi connectivity index (χ3v) is 4.56. The molecule has 1 N–H and O–H groups in total. The summed E-state index contributed by atoms with van der Waals surface area (Å²) in [5.74, 6) is 1.12. The van der Waals surface area contributed by atoms with Crippen LogP contribution < -0.4 is 14.8 Å². The van der Waals surface area contributed by atoms with Crippen LogP contribution in [0.2, 0.25) is 0 Å². The Labute approximate surface area is 177 Å². The molecule has 0 aliphatic carbocycles. The first-order chi connectivity index (χ1) is 15.1. The van der Waals surface area contributed by atoms with E-state index in [9.17, 15) is 9.18 Å². The smallest absolute Gasteiger partial charge is 0.258 e. The molecule has 8 heteroatoms. The second kappa shape index (κ2) is 8.66. The van der Waals surface area contributed by atoms with Crippen LogP contribution in [0.4, 0.5) is 10.1 Å². The van der Waals surface area contributed by atoms with E-state index in [1.807, 2.05) is 0 Å². The zero-order valence-corrected chi connectivity index (χ0v) is 16.8. The molecule has 0 fully saturated rings. The summed E-state index contributed by atoms with van der Waals surface area (Å²) in [6.45, 7) is 0. The Bertz CT molecular complexity index is 1200. The molecule has 4 rings (SSSR count). The van der Waals surface area contributed by atoms with Crippen molar-refractivity contribution in [1.29, 1.82) is 0 Å². The lowest BCUT2D eigenvalue weighted by Crippen LogP contribution is -2.11. The summed E-state index contributed by atoms with van der Waals surface area (Å²) >= 11 is 0. The van der Waals surface area contributed by atoms with Crippen LogP contribution in [0.3, 0.4) is 0 Å². The molecule has 1 aromatic heterocycles. The number of nitrogens with one attached hydrogen (secondary N) is 1. The molecule has 1 amide bonds. The molecule has 4 aromatic rings. The summed E-state index contributed by atoms with van der Waals surface area (Å²) in [4.78, 5) is 16.9. The van der Waals surface area contributed by atoms with Gasteiger partial charge in [-0.25, -0.2) is 4.39 Å². The fourth-order valence-corrected chi connectivity index (χ4v) is 2.94. The molecule has 1 heterocycles. The Kier molecular flexibility index (Phi) is 5.61. The molecule has 0 bridgehead atoms. The average molecular weight is 419 g/mol. The highest BCUT2D eigenvalue weighted by Crippen LogP contribution is 2.30. The Morgan fingerprint density at radius 2 is 1.58 bits per heavy atom. The Morgan fingerprint density at radius 3 is 2.26 bits per heavy atom. The monoisotopic (exact) mass is 419 g/mol. The normalized spacial score (nSPS) is 10.5. The molecule has 0 spiro atoms. The van der Waals surface area contributed by atoms with Crippen molar-refractivity contribution in [3.05, 3.63) is 78.1 Å². The van der Waals surface area contributed by atoms with Crippen LogP contribution in [0.1, 0.15) is 10.4 Å². The molecular formula is C23H18FN3O4. The number of aromatic nitrogens is 2. The predicted molar refractivity (Wildman–Crippen MR) is 113 cm³/mol. The Morgan fingerprint density at radius 1 is 0.903 bits per heavy atom. The molecule has 0 saturated carbocycles. The van der Waals surface area contributed by atoms with Crippen LogP contribution in [0.5, 0.6) is 11.5 Å². The number of rotatable bonds is 6. The molecule has 156 valence electrons. The van der Waals surface area contributed by atoms with E-state index >= 15 is 0 Å². The van der Waals surface area contributed by atoms with E-state index in [0.29, 0.717) is 45.6 Å². The van der Waals surface area contributed by atoms with Crippen molar-refractivity contribution in [2.24, 2.45) is 0 Å². The van der Waals surface area contributed by atoms with Crippen LogP contribution in [0.15, 0.2) is 71.3 Å². The van der Waals surface area contributed by atoms with Crippen LogP contribution in [0.25, 0.3) is 22.8 Å². The van der Waals surface area contributed by atoms with Crippen LogP contribution in [-0.2, 0) is 0 Å². The van der Waals surface area contributed by atoms with E-state index in [1.165, 1.54) is 19.2 Å². The summed E-state index contributed by atoms with van der Waals surface area (Å²) in [7, 11) is 3.07. The number of hydrogen-bond acceptors (Lipinski definition) is 6. The molecule has 7 nitrogen and oxygen atoms in total. The fourth-order valence-electron chi connectivity index (χ4n) is 2.94. The maximum absolute atomic E-state index is 13.1. The maximum atomic E-state index is 13.1. The van der Waals surface area contributed by atoms with Gasteiger partial charge in [-0.05, 0) is 60.7 Å². The zero-order valence-electron chi connectivity index (χ0n) is 16.8. The van der Waals surface area contributed by atoms with Gasteiger partial charge in [0, 0.05) is 28.4 Å². The summed E-state index contributed by atoms with van der Waals surface area (Å²) in [5, 5.41) is 6.74. The average Bonchev–Trinajstić information content (AvgIpc) is 3.30. The molecule has 0 aliphatic rings. The third-order valence-electron chi connectivity index (χ3n) is 4.56. The number of halogens is 1. The highest BCUT2D eigenvalue weighted by Gasteiger charge is 2.13. The minimum atomic E-state index is -0.339. The van der Waals surface area contributed by atoms with E-state index < -0.39 is 0 Å². The number of methoxy groups -OCH3 is 2. The maximum Gasteiger partial charge on any atom is 0.258 e. The summed E-state index contributed by atoms with van der Waals surface area (Å²) in [6.07, 6.45) is 0. The van der Waals surface area contributed by atoms with Gasteiger partial charge >= 0.3 is 0 Å². The number of carbonyl (C=O) groups is 1. The van der Waals surface area contributed by atoms with Crippen LogP contribution in [0, 0.1) is 5.82 Å². The molecule has 0 atom stereocenters. The topological polar surface area (TPSA) is 86.5 Å². The summed E-state index contributed by atoms with van der Waals surface area (Å²) in [6, 6.07) is 17.7. The second-order valence-corrected chi connectivity index (χ2v) is 6.53. The molecule has 31 heavy (non-hydrogen) atoms. The SMILES string of the molecule is COc1ccc(NC(=O)c2ccc(-c3nc(-c4ccc(F)cc4)no3)cc2)cc1OC. The van der Waals surface area contributed by atoms with Gasteiger partial charge in [0.05, 0.1) is 14.2 Å². The lowest BCUT2D eigenvalue weighted by Gasteiger charge is -2.10. The van der Waals surface area contributed by atoms with Crippen molar-refractivity contribution in [1.82, 2.24) is 10.1 Å². The zero-order chi connectivity index (χ0) is 21.8. The van der Waals surface area contributed by atoms with Crippen LogP contribution in [-0.4, -0.2) is 30.3 Å². The van der Waals surface area contributed by atoms with E-state index in [0.717, 1.165) is 0 Å². The first-order valence-electron chi connectivity index (χ1n) is 9.31. The predicted octanol–water partition coefficient (Wildman–Crippen LogP) is 4.81.